The quantitative estimate of drug-likeness (QED) is 0.733. The molecule has 3 nitrogen and oxygen atoms in total. The fourth-order valence-electron chi connectivity index (χ4n) is 2.24. The molecule has 0 aliphatic carbocycles. The van der Waals surface area contributed by atoms with Crippen molar-refractivity contribution in [3.8, 4) is 5.75 Å². The van der Waals surface area contributed by atoms with Gasteiger partial charge in [0.05, 0.1) is 0 Å². The molecule has 0 saturated carbocycles. The predicted octanol–water partition coefficient (Wildman–Crippen LogP) is 5.10. The van der Waals surface area contributed by atoms with Crippen LogP contribution in [0.1, 0.15) is 31.9 Å². The number of aromatic nitrogens is 1. The van der Waals surface area contributed by atoms with Crippen molar-refractivity contribution in [3.63, 3.8) is 0 Å². The molecule has 2 aromatic rings. The molecule has 0 aliphatic rings. The molecule has 0 fully saturated rings. The Hall–Kier alpha value is -0.567. The van der Waals surface area contributed by atoms with Gasteiger partial charge in [0.2, 0.25) is 0 Å². The molecule has 0 bridgehead atoms. The number of benzene rings is 1. The summed E-state index contributed by atoms with van der Waals surface area (Å²) >= 11 is -0.826. The maximum atomic E-state index is 10.5. The standard InChI is InChI=1S/C17H22N2O.2ClH.Zr/c1-17(2,3)14-9-7-8-13(16(14)20)12-19(4)15-10-5-6-11-18-15;;;/h5-11,20H,12H2,1-4H3;2*1H;/q;;;+2/p-2. The summed E-state index contributed by atoms with van der Waals surface area (Å²) in [6, 6.07) is 11.8. The van der Waals surface area contributed by atoms with Crippen molar-refractivity contribution in [2.45, 2.75) is 32.7 Å². The number of para-hydroxylation sites is 1. The van der Waals surface area contributed by atoms with Gasteiger partial charge in [-0.1, -0.05) is 45.0 Å². The molecule has 1 heterocycles. The second-order valence-electron chi connectivity index (χ2n) is 6.18. The normalized spacial score (nSPS) is 10.5. The van der Waals surface area contributed by atoms with E-state index in [0.29, 0.717) is 12.3 Å². The molecule has 0 spiro atoms. The summed E-state index contributed by atoms with van der Waals surface area (Å²) in [7, 11) is 11.8. The van der Waals surface area contributed by atoms with Crippen molar-refractivity contribution in [3.05, 3.63) is 53.7 Å². The van der Waals surface area contributed by atoms with E-state index >= 15 is 0 Å². The van der Waals surface area contributed by atoms with E-state index in [9.17, 15) is 5.11 Å². The number of hydrogen-bond donors (Lipinski definition) is 1. The molecule has 124 valence electrons. The summed E-state index contributed by atoms with van der Waals surface area (Å²) in [5, 5.41) is 10.5. The number of pyridine rings is 1. The van der Waals surface area contributed by atoms with Gasteiger partial charge < -0.3 is 10.0 Å². The minimum atomic E-state index is -0.826. The van der Waals surface area contributed by atoms with Crippen molar-refractivity contribution >= 4 is 22.8 Å². The van der Waals surface area contributed by atoms with Crippen LogP contribution in [-0.2, 0) is 32.8 Å². The van der Waals surface area contributed by atoms with Crippen LogP contribution in [-0.4, -0.2) is 17.1 Å². The van der Waals surface area contributed by atoms with Crippen LogP contribution in [0, 0.1) is 0 Å². The third-order valence-electron chi connectivity index (χ3n) is 3.38. The third kappa shape index (κ3) is 6.45. The minimum absolute atomic E-state index is 0.0658. The molecule has 0 saturated heterocycles. The fraction of sp³-hybridized carbons (Fsp3) is 0.353. The van der Waals surface area contributed by atoms with Gasteiger partial charge in [-0.15, -0.1) is 0 Å². The Bertz CT molecular complexity index is 603. The Morgan fingerprint density at radius 1 is 1.13 bits per heavy atom. The average molecular weight is 433 g/mol. The van der Waals surface area contributed by atoms with E-state index in [0.717, 1.165) is 16.9 Å². The second kappa shape index (κ2) is 9.66. The monoisotopic (exact) mass is 430 g/mol. The first kappa shape index (κ1) is 20.5. The molecule has 1 aromatic heterocycles. The number of nitrogens with zero attached hydrogens (tertiary/aromatic N) is 2. The first-order chi connectivity index (χ1) is 10.8. The molecular formula is C17H22Cl2N2OZr. The number of phenols is 1. The van der Waals surface area contributed by atoms with E-state index in [1.807, 2.05) is 48.3 Å². The molecule has 0 radical (unpaired) electrons. The molecule has 0 aliphatic heterocycles. The zero-order valence-corrected chi connectivity index (χ0v) is 17.8. The van der Waals surface area contributed by atoms with Crippen LogP contribution < -0.4 is 4.90 Å². The predicted molar refractivity (Wildman–Crippen MR) is 94.9 cm³/mol. The number of phenolic OH excluding ortho intramolecular Hbond substituents is 1. The van der Waals surface area contributed by atoms with Crippen molar-refractivity contribution in [2.24, 2.45) is 0 Å². The summed E-state index contributed by atoms with van der Waals surface area (Å²) in [5.74, 6) is 1.29. The van der Waals surface area contributed by atoms with Gasteiger partial charge in [0.15, 0.2) is 0 Å². The summed E-state index contributed by atoms with van der Waals surface area (Å²) in [6.45, 7) is 6.95. The number of rotatable bonds is 3. The molecule has 6 heteroatoms. The Kier molecular flexibility index (Phi) is 8.60. The topological polar surface area (TPSA) is 36.4 Å². The number of hydrogen-bond acceptors (Lipinski definition) is 3. The van der Waals surface area contributed by atoms with E-state index < -0.39 is 20.8 Å². The van der Waals surface area contributed by atoms with E-state index in [1.165, 1.54) is 0 Å². The SMILES string of the molecule is CN(Cc1cccc(C(C)(C)C)c1O)c1ccccn1.[Cl][Zr][Cl]. The van der Waals surface area contributed by atoms with Gasteiger partial charge in [-0.05, 0) is 23.1 Å². The van der Waals surface area contributed by atoms with Crippen LogP contribution >= 0.6 is 17.0 Å². The van der Waals surface area contributed by atoms with E-state index in [2.05, 4.69) is 25.8 Å². The first-order valence-electron chi connectivity index (χ1n) is 7.21. The zero-order valence-electron chi connectivity index (χ0n) is 13.8. The summed E-state index contributed by atoms with van der Waals surface area (Å²) in [4.78, 5) is 6.35. The molecule has 0 atom stereocenters. The van der Waals surface area contributed by atoms with Crippen LogP contribution in [0.3, 0.4) is 0 Å². The van der Waals surface area contributed by atoms with Crippen LogP contribution in [0.15, 0.2) is 42.6 Å². The number of aromatic hydroxyl groups is 1. The summed E-state index contributed by atoms with van der Waals surface area (Å²) in [5.41, 5.74) is 1.83. The number of halogens is 2. The molecule has 0 amide bonds. The Labute approximate surface area is 157 Å². The van der Waals surface area contributed by atoms with Crippen LogP contribution in [0.2, 0.25) is 0 Å². The molecule has 23 heavy (non-hydrogen) atoms. The van der Waals surface area contributed by atoms with E-state index in [1.54, 1.807) is 6.20 Å². The van der Waals surface area contributed by atoms with Gasteiger partial charge >= 0.3 is 37.9 Å². The van der Waals surface area contributed by atoms with Gasteiger partial charge in [0, 0.05) is 25.4 Å². The molecule has 1 N–H and O–H groups in total. The van der Waals surface area contributed by atoms with Crippen molar-refractivity contribution < 1.29 is 26.0 Å². The Morgan fingerprint density at radius 3 is 2.30 bits per heavy atom. The van der Waals surface area contributed by atoms with Gasteiger partial charge in [0.25, 0.3) is 0 Å². The molecule has 2 rings (SSSR count). The molecule has 1 aromatic carbocycles. The van der Waals surface area contributed by atoms with Crippen LogP contribution in [0.25, 0.3) is 0 Å². The van der Waals surface area contributed by atoms with Gasteiger partial charge in [-0.2, -0.15) is 0 Å². The Balaban J connectivity index is 0.000000816. The summed E-state index contributed by atoms with van der Waals surface area (Å²) < 4.78 is 0. The van der Waals surface area contributed by atoms with Crippen molar-refractivity contribution in [1.29, 1.82) is 0 Å². The van der Waals surface area contributed by atoms with Crippen LogP contribution in [0.4, 0.5) is 5.82 Å². The van der Waals surface area contributed by atoms with Gasteiger partial charge in [0.1, 0.15) is 11.6 Å². The molecule has 0 unspecified atom stereocenters. The maximum absolute atomic E-state index is 10.5. The van der Waals surface area contributed by atoms with E-state index in [-0.39, 0.29) is 5.41 Å². The van der Waals surface area contributed by atoms with Gasteiger partial charge in [-0.25, -0.2) is 4.98 Å². The number of anilines is 1. The van der Waals surface area contributed by atoms with Crippen molar-refractivity contribution in [1.82, 2.24) is 4.98 Å². The van der Waals surface area contributed by atoms with Gasteiger partial charge in [-0.3, -0.25) is 0 Å². The van der Waals surface area contributed by atoms with E-state index in [4.69, 9.17) is 17.0 Å². The fourth-order valence-corrected chi connectivity index (χ4v) is 2.24. The van der Waals surface area contributed by atoms with Crippen LogP contribution in [0.5, 0.6) is 5.75 Å². The second-order valence-corrected chi connectivity index (χ2v) is 9.91. The third-order valence-corrected chi connectivity index (χ3v) is 3.38. The zero-order chi connectivity index (χ0) is 17.5. The average Bonchev–Trinajstić information content (AvgIpc) is 2.50. The Morgan fingerprint density at radius 2 is 1.78 bits per heavy atom. The first-order valence-corrected chi connectivity index (χ1v) is 13.5. The van der Waals surface area contributed by atoms with Crippen molar-refractivity contribution in [2.75, 3.05) is 11.9 Å². The molecular weight excluding hydrogens is 410 g/mol. The summed E-state index contributed by atoms with van der Waals surface area (Å²) in [6.07, 6.45) is 1.78.